The molecule has 2 unspecified atom stereocenters. The highest BCUT2D eigenvalue weighted by Crippen LogP contribution is 2.23. The van der Waals surface area contributed by atoms with E-state index in [2.05, 4.69) is 76.0 Å². The first kappa shape index (κ1) is 16.5. The van der Waals surface area contributed by atoms with Crippen molar-refractivity contribution in [1.29, 1.82) is 0 Å². The van der Waals surface area contributed by atoms with Gasteiger partial charge in [-0.2, -0.15) is 0 Å². The Bertz CT molecular complexity index is 442. The van der Waals surface area contributed by atoms with Crippen LogP contribution in [0.25, 0.3) is 0 Å². The van der Waals surface area contributed by atoms with Crippen LogP contribution < -0.4 is 5.32 Å². The van der Waals surface area contributed by atoms with E-state index in [1.807, 2.05) is 0 Å². The Morgan fingerprint density at radius 2 is 1.81 bits per heavy atom. The average Bonchev–Trinajstić information content (AvgIpc) is 2.40. The zero-order valence-corrected chi connectivity index (χ0v) is 14.6. The van der Waals surface area contributed by atoms with Crippen molar-refractivity contribution in [2.75, 3.05) is 13.1 Å². The van der Waals surface area contributed by atoms with Crippen molar-refractivity contribution in [3.8, 4) is 0 Å². The minimum absolute atomic E-state index is 0.240. The van der Waals surface area contributed by atoms with Gasteiger partial charge in [0.05, 0.1) is 0 Å². The van der Waals surface area contributed by atoms with E-state index < -0.39 is 0 Å². The molecule has 0 saturated carbocycles. The Morgan fingerprint density at radius 1 is 1.19 bits per heavy atom. The zero-order chi connectivity index (χ0) is 15.6. The summed E-state index contributed by atoms with van der Waals surface area (Å²) in [5.41, 5.74) is 3.09. The third-order valence-electron chi connectivity index (χ3n) is 4.74. The van der Waals surface area contributed by atoms with Crippen LogP contribution in [0.2, 0.25) is 0 Å². The topological polar surface area (TPSA) is 15.3 Å². The lowest BCUT2D eigenvalue weighted by Gasteiger charge is -2.40. The number of rotatable bonds is 3. The van der Waals surface area contributed by atoms with Gasteiger partial charge in [-0.05, 0) is 29.4 Å². The molecular weight excluding hydrogens is 256 g/mol. The molecule has 2 heteroatoms. The summed E-state index contributed by atoms with van der Waals surface area (Å²) in [6, 6.07) is 10.4. The van der Waals surface area contributed by atoms with E-state index >= 15 is 0 Å². The number of nitrogens with zero attached hydrogens (tertiary/aromatic N) is 1. The molecule has 0 radical (unpaired) electrons. The van der Waals surface area contributed by atoms with Gasteiger partial charge >= 0.3 is 0 Å². The van der Waals surface area contributed by atoms with Gasteiger partial charge in [0.2, 0.25) is 0 Å². The van der Waals surface area contributed by atoms with E-state index in [4.69, 9.17) is 0 Å². The molecule has 1 heterocycles. The van der Waals surface area contributed by atoms with Crippen LogP contribution in [0, 0.1) is 5.92 Å². The van der Waals surface area contributed by atoms with Crippen LogP contribution in [0.3, 0.4) is 0 Å². The smallest absolute Gasteiger partial charge is 0.0237 e. The minimum Gasteiger partial charge on any atom is -0.311 e. The molecule has 1 saturated heterocycles. The summed E-state index contributed by atoms with van der Waals surface area (Å²) in [5, 5.41) is 3.67. The summed E-state index contributed by atoms with van der Waals surface area (Å²) in [5.74, 6) is 0.697. The monoisotopic (exact) mass is 288 g/mol. The first-order valence-electron chi connectivity index (χ1n) is 8.34. The molecule has 2 atom stereocenters. The number of hydrogen-bond donors (Lipinski definition) is 1. The van der Waals surface area contributed by atoms with Gasteiger partial charge in [-0.15, -0.1) is 0 Å². The number of piperazine rings is 1. The second-order valence-electron chi connectivity index (χ2n) is 7.98. The van der Waals surface area contributed by atoms with Crippen molar-refractivity contribution in [3.63, 3.8) is 0 Å². The molecule has 1 aliphatic rings. The van der Waals surface area contributed by atoms with E-state index in [1.54, 1.807) is 0 Å². The van der Waals surface area contributed by atoms with Crippen LogP contribution in [-0.4, -0.2) is 30.1 Å². The van der Waals surface area contributed by atoms with E-state index in [0.29, 0.717) is 18.0 Å². The minimum atomic E-state index is 0.240. The van der Waals surface area contributed by atoms with E-state index in [0.717, 1.165) is 19.6 Å². The van der Waals surface area contributed by atoms with Gasteiger partial charge in [-0.3, -0.25) is 4.90 Å². The molecule has 0 aliphatic carbocycles. The molecule has 1 aromatic rings. The van der Waals surface area contributed by atoms with Crippen molar-refractivity contribution in [2.45, 2.75) is 65.6 Å². The molecule has 2 nitrogen and oxygen atoms in total. The second kappa shape index (κ2) is 6.50. The fourth-order valence-electron chi connectivity index (χ4n) is 2.96. The summed E-state index contributed by atoms with van der Waals surface area (Å²) >= 11 is 0. The second-order valence-corrected chi connectivity index (χ2v) is 7.98. The standard InChI is InChI=1S/C19H32N2/c1-14(2)18-13-21(15(3)11-20-18)12-16-7-9-17(10-8-16)19(4,5)6/h7-10,14-15,18,20H,11-13H2,1-6H3. The summed E-state index contributed by atoms with van der Waals surface area (Å²) < 4.78 is 0. The molecule has 21 heavy (non-hydrogen) atoms. The summed E-state index contributed by atoms with van der Waals surface area (Å²) in [4.78, 5) is 2.62. The molecule has 0 amide bonds. The molecule has 0 spiro atoms. The number of hydrogen-bond acceptors (Lipinski definition) is 2. The number of nitrogens with one attached hydrogen (secondary N) is 1. The van der Waals surface area contributed by atoms with Crippen molar-refractivity contribution >= 4 is 0 Å². The maximum absolute atomic E-state index is 3.67. The zero-order valence-electron chi connectivity index (χ0n) is 14.6. The van der Waals surface area contributed by atoms with Gasteiger partial charge in [0, 0.05) is 31.7 Å². The SMILES string of the molecule is CC(C)C1CN(Cc2ccc(C(C)(C)C)cc2)C(C)CN1. The Labute approximate surface area is 130 Å². The van der Waals surface area contributed by atoms with Crippen molar-refractivity contribution in [1.82, 2.24) is 10.2 Å². The maximum atomic E-state index is 3.67. The molecule has 118 valence electrons. The molecule has 1 N–H and O–H groups in total. The van der Waals surface area contributed by atoms with E-state index in [-0.39, 0.29) is 5.41 Å². The lowest BCUT2D eigenvalue weighted by molar-refractivity contribution is 0.116. The first-order chi connectivity index (χ1) is 9.77. The van der Waals surface area contributed by atoms with Crippen molar-refractivity contribution in [3.05, 3.63) is 35.4 Å². The van der Waals surface area contributed by atoms with E-state index in [1.165, 1.54) is 11.1 Å². The molecular formula is C19H32N2. The van der Waals surface area contributed by atoms with Gasteiger partial charge in [-0.25, -0.2) is 0 Å². The fourth-order valence-corrected chi connectivity index (χ4v) is 2.96. The van der Waals surface area contributed by atoms with Crippen molar-refractivity contribution in [2.24, 2.45) is 5.92 Å². The largest absolute Gasteiger partial charge is 0.311 e. The fraction of sp³-hybridized carbons (Fsp3) is 0.684. The number of benzene rings is 1. The Balaban J connectivity index is 2.03. The molecule has 0 aromatic heterocycles. The Hall–Kier alpha value is -0.860. The highest BCUT2D eigenvalue weighted by molar-refractivity contribution is 5.27. The van der Waals surface area contributed by atoms with Gasteiger partial charge in [0.25, 0.3) is 0 Å². The molecule has 0 bridgehead atoms. The van der Waals surface area contributed by atoms with Gasteiger partial charge in [0.1, 0.15) is 0 Å². The predicted octanol–water partition coefficient (Wildman–Crippen LogP) is 3.80. The highest BCUT2D eigenvalue weighted by atomic mass is 15.2. The quantitative estimate of drug-likeness (QED) is 0.910. The van der Waals surface area contributed by atoms with Gasteiger partial charge in [-0.1, -0.05) is 58.9 Å². The first-order valence-corrected chi connectivity index (χ1v) is 8.34. The highest BCUT2D eigenvalue weighted by Gasteiger charge is 2.26. The van der Waals surface area contributed by atoms with E-state index in [9.17, 15) is 0 Å². The lowest BCUT2D eigenvalue weighted by Crippen LogP contribution is -2.56. The van der Waals surface area contributed by atoms with Crippen LogP contribution >= 0.6 is 0 Å². The van der Waals surface area contributed by atoms with Crippen LogP contribution in [0.1, 0.15) is 52.7 Å². The summed E-state index contributed by atoms with van der Waals surface area (Å²) in [6.45, 7) is 17.1. The lowest BCUT2D eigenvalue weighted by atomic mass is 9.86. The average molecular weight is 288 g/mol. The third kappa shape index (κ3) is 4.31. The van der Waals surface area contributed by atoms with Crippen LogP contribution in [0.4, 0.5) is 0 Å². The van der Waals surface area contributed by atoms with Gasteiger partial charge < -0.3 is 5.32 Å². The Morgan fingerprint density at radius 3 is 2.33 bits per heavy atom. The van der Waals surface area contributed by atoms with Gasteiger partial charge in [0.15, 0.2) is 0 Å². The third-order valence-corrected chi connectivity index (χ3v) is 4.74. The molecule has 1 aromatic carbocycles. The van der Waals surface area contributed by atoms with Crippen LogP contribution in [0.15, 0.2) is 24.3 Å². The van der Waals surface area contributed by atoms with Crippen LogP contribution in [-0.2, 0) is 12.0 Å². The maximum Gasteiger partial charge on any atom is 0.0237 e. The summed E-state index contributed by atoms with van der Waals surface area (Å²) in [7, 11) is 0. The Kier molecular flexibility index (Phi) is 5.11. The molecule has 1 fully saturated rings. The molecule has 1 aliphatic heterocycles. The molecule has 2 rings (SSSR count). The van der Waals surface area contributed by atoms with Crippen LogP contribution in [0.5, 0.6) is 0 Å². The normalized spacial score (nSPS) is 24.5. The summed E-state index contributed by atoms with van der Waals surface area (Å²) in [6.07, 6.45) is 0. The predicted molar refractivity (Wildman–Crippen MR) is 91.6 cm³/mol. The van der Waals surface area contributed by atoms with Crippen molar-refractivity contribution < 1.29 is 0 Å².